The van der Waals surface area contributed by atoms with Crippen LogP contribution < -0.4 is 5.32 Å². The Kier molecular flexibility index (Phi) is 4.12. The van der Waals surface area contributed by atoms with E-state index in [4.69, 9.17) is 0 Å². The molecule has 0 aromatic heterocycles. The van der Waals surface area contributed by atoms with Gasteiger partial charge < -0.3 is 5.32 Å². The summed E-state index contributed by atoms with van der Waals surface area (Å²) < 4.78 is 10.9. The van der Waals surface area contributed by atoms with E-state index in [1.807, 2.05) is 19.2 Å². The third-order valence-electron chi connectivity index (χ3n) is 1.77. The van der Waals surface area contributed by atoms with Crippen LogP contribution in [0, 0.1) is 0 Å². The predicted molar refractivity (Wildman–Crippen MR) is 57.0 cm³/mol. The second kappa shape index (κ2) is 5.14. The van der Waals surface area contributed by atoms with E-state index in [1.54, 1.807) is 6.26 Å². The Morgan fingerprint density at radius 1 is 1.23 bits per heavy atom. The second-order valence-electron chi connectivity index (χ2n) is 3.06. The molecular weight excluding hydrogens is 182 g/mol. The maximum atomic E-state index is 10.9. The van der Waals surface area contributed by atoms with Gasteiger partial charge >= 0.3 is 0 Å². The van der Waals surface area contributed by atoms with Gasteiger partial charge in [0.1, 0.15) is 0 Å². The van der Waals surface area contributed by atoms with Crippen molar-refractivity contribution in [3.05, 3.63) is 35.4 Å². The summed E-state index contributed by atoms with van der Waals surface area (Å²) in [4.78, 5) is 0. The van der Waals surface area contributed by atoms with Gasteiger partial charge in [-0.25, -0.2) is 0 Å². The summed E-state index contributed by atoms with van der Waals surface area (Å²) in [6, 6.07) is 8.21. The lowest BCUT2D eigenvalue weighted by molar-refractivity contribution is 0.686. The molecule has 0 bridgehead atoms. The van der Waals surface area contributed by atoms with E-state index in [0.29, 0.717) is 5.75 Å². The molecule has 0 aliphatic rings. The summed E-state index contributed by atoms with van der Waals surface area (Å²) in [5, 5.41) is 3.08. The monoisotopic (exact) mass is 197 g/mol. The first-order valence-electron chi connectivity index (χ1n) is 4.25. The average molecular weight is 197 g/mol. The van der Waals surface area contributed by atoms with E-state index in [9.17, 15) is 4.21 Å². The van der Waals surface area contributed by atoms with Gasteiger partial charge in [0.15, 0.2) is 0 Å². The van der Waals surface area contributed by atoms with Gasteiger partial charge in [0.25, 0.3) is 0 Å². The van der Waals surface area contributed by atoms with Crippen molar-refractivity contribution in [1.29, 1.82) is 0 Å². The highest BCUT2D eigenvalue weighted by Gasteiger charge is 1.96. The summed E-state index contributed by atoms with van der Waals surface area (Å²) >= 11 is 0. The molecule has 1 atom stereocenters. The van der Waals surface area contributed by atoms with Gasteiger partial charge in [-0.1, -0.05) is 24.3 Å². The fourth-order valence-electron chi connectivity index (χ4n) is 1.19. The van der Waals surface area contributed by atoms with E-state index < -0.39 is 10.8 Å². The maximum absolute atomic E-state index is 10.9. The molecule has 1 N–H and O–H groups in total. The molecule has 1 aromatic carbocycles. The average Bonchev–Trinajstić information content (AvgIpc) is 2.08. The Morgan fingerprint density at radius 3 is 2.23 bits per heavy atom. The molecule has 0 aliphatic heterocycles. The van der Waals surface area contributed by atoms with Crippen LogP contribution >= 0.6 is 0 Å². The molecule has 0 heterocycles. The quantitative estimate of drug-likeness (QED) is 0.788. The van der Waals surface area contributed by atoms with Gasteiger partial charge in [0, 0.05) is 29.4 Å². The molecule has 0 fully saturated rings. The minimum Gasteiger partial charge on any atom is -0.316 e. The SMILES string of the molecule is CNCc1ccc(CS(C)=O)cc1. The molecule has 0 saturated carbocycles. The molecule has 0 spiro atoms. The molecule has 1 aromatic rings. The van der Waals surface area contributed by atoms with Crippen molar-refractivity contribution in [3.63, 3.8) is 0 Å². The zero-order chi connectivity index (χ0) is 9.68. The summed E-state index contributed by atoms with van der Waals surface area (Å²) in [6.45, 7) is 0.884. The molecule has 3 heteroatoms. The van der Waals surface area contributed by atoms with E-state index in [0.717, 1.165) is 12.1 Å². The van der Waals surface area contributed by atoms with Crippen molar-refractivity contribution in [2.75, 3.05) is 13.3 Å². The second-order valence-corrected chi connectivity index (χ2v) is 4.50. The van der Waals surface area contributed by atoms with Crippen LogP contribution in [-0.2, 0) is 23.1 Å². The molecule has 2 nitrogen and oxygen atoms in total. The van der Waals surface area contributed by atoms with Crippen LogP contribution in [0.2, 0.25) is 0 Å². The van der Waals surface area contributed by atoms with Crippen molar-refractivity contribution in [1.82, 2.24) is 5.32 Å². The standard InChI is InChI=1S/C10H15NOS/c1-11-7-9-3-5-10(6-4-9)8-13(2)12/h3-6,11H,7-8H2,1-2H3. The Hall–Kier alpha value is -0.670. The molecular formula is C10H15NOS. The van der Waals surface area contributed by atoms with Gasteiger partial charge in [-0.3, -0.25) is 4.21 Å². The van der Waals surface area contributed by atoms with E-state index in [1.165, 1.54) is 5.56 Å². The van der Waals surface area contributed by atoms with Crippen LogP contribution in [0.25, 0.3) is 0 Å². The first-order valence-corrected chi connectivity index (χ1v) is 5.97. The number of hydrogen-bond donors (Lipinski definition) is 1. The van der Waals surface area contributed by atoms with E-state index in [-0.39, 0.29) is 0 Å². The summed E-state index contributed by atoms with van der Waals surface area (Å²) in [7, 11) is 1.18. The summed E-state index contributed by atoms with van der Waals surface area (Å²) in [5.74, 6) is 0.653. The third-order valence-corrected chi connectivity index (χ3v) is 2.51. The Morgan fingerprint density at radius 2 is 1.77 bits per heavy atom. The number of nitrogens with one attached hydrogen (secondary N) is 1. The van der Waals surface area contributed by atoms with Crippen molar-refractivity contribution >= 4 is 10.8 Å². The van der Waals surface area contributed by atoms with E-state index >= 15 is 0 Å². The molecule has 0 aliphatic carbocycles. The smallest absolute Gasteiger partial charge is 0.0482 e. The minimum atomic E-state index is -0.743. The van der Waals surface area contributed by atoms with Gasteiger partial charge in [0.2, 0.25) is 0 Å². The number of benzene rings is 1. The molecule has 72 valence electrons. The molecule has 0 saturated heterocycles. The molecule has 0 amide bonds. The summed E-state index contributed by atoms with van der Waals surface area (Å²) in [5.41, 5.74) is 2.40. The zero-order valence-corrected chi connectivity index (χ0v) is 8.86. The highest BCUT2D eigenvalue weighted by Crippen LogP contribution is 2.05. The van der Waals surface area contributed by atoms with Crippen LogP contribution in [0.15, 0.2) is 24.3 Å². The largest absolute Gasteiger partial charge is 0.316 e. The highest BCUT2D eigenvalue weighted by molar-refractivity contribution is 7.83. The number of rotatable bonds is 4. The van der Waals surface area contributed by atoms with Crippen molar-refractivity contribution in [2.45, 2.75) is 12.3 Å². The van der Waals surface area contributed by atoms with Crippen molar-refractivity contribution in [3.8, 4) is 0 Å². The van der Waals surface area contributed by atoms with Crippen LogP contribution in [0.3, 0.4) is 0 Å². The fourth-order valence-corrected chi connectivity index (χ4v) is 1.85. The first-order chi connectivity index (χ1) is 6.22. The fraction of sp³-hybridized carbons (Fsp3) is 0.400. The van der Waals surface area contributed by atoms with Crippen LogP contribution in [0.1, 0.15) is 11.1 Å². The Labute approximate surface area is 81.8 Å². The Bertz CT molecular complexity index is 281. The van der Waals surface area contributed by atoms with Crippen LogP contribution in [0.5, 0.6) is 0 Å². The topological polar surface area (TPSA) is 29.1 Å². The zero-order valence-electron chi connectivity index (χ0n) is 8.04. The lowest BCUT2D eigenvalue weighted by Gasteiger charge is -2.01. The normalized spacial score (nSPS) is 12.8. The van der Waals surface area contributed by atoms with Gasteiger partial charge in [-0.15, -0.1) is 0 Å². The number of hydrogen-bond acceptors (Lipinski definition) is 2. The van der Waals surface area contributed by atoms with Crippen molar-refractivity contribution < 1.29 is 4.21 Å². The van der Waals surface area contributed by atoms with Crippen LogP contribution in [0.4, 0.5) is 0 Å². The maximum Gasteiger partial charge on any atom is 0.0482 e. The molecule has 1 unspecified atom stereocenters. The molecule has 13 heavy (non-hydrogen) atoms. The lowest BCUT2D eigenvalue weighted by Crippen LogP contribution is -2.04. The first kappa shape index (κ1) is 10.4. The van der Waals surface area contributed by atoms with Crippen molar-refractivity contribution in [2.24, 2.45) is 0 Å². The highest BCUT2D eigenvalue weighted by atomic mass is 32.2. The molecule has 1 rings (SSSR count). The summed E-state index contributed by atoms with van der Waals surface area (Å²) in [6.07, 6.45) is 1.72. The van der Waals surface area contributed by atoms with Gasteiger partial charge in [0.05, 0.1) is 0 Å². The van der Waals surface area contributed by atoms with Gasteiger partial charge in [-0.2, -0.15) is 0 Å². The van der Waals surface area contributed by atoms with Crippen LogP contribution in [-0.4, -0.2) is 17.5 Å². The third kappa shape index (κ3) is 3.70. The predicted octanol–water partition coefficient (Wildman–Crippen LogP) is 1.28. The van der Waals surface area contributed by atoms with Gasteiger partial charge in [-0.05, 0) is 18.2 Å². The van der Waals surface area contributed by atoms with E-state index in [2.05, 4.69) is 17.4 Å². The molecule has 0 radical (unpaired) electrons. The minimum absolute atomic E-state index is 0.653. The Balaban J connectivity index is 2.64. The lowest BCUT2D eigenvalue weighted by atomic mass is 10.1.